The molecule has 2 aliphatic rings. The predicted molar refractivity (Wildman–Crippen MR) is 89.5 cm³/mol. The third-order valence-corrected chi connectivity index (χ3v) is 5.06. The van der Waals surface area contributed by atoms with Crippen LogP contribution in [0.5, 0.6) is 0 Å². The maximum Gasteiger partial charge on any atom is 0.0236 e. The third-order valence-electron chi connectivity index (χ3n) is 5.06. The van der Waals surface area contributed by atoms with Crippen LogP contribution in [0.25, 0.3) is 0 Å². The number of nitrogens with zero attached hydrogens (tertiary/aromatic N) is 1. The summed E-state index contributed by atoms with van der Waals surface area (Å²) >= 11 is 0. The van der Waals surface area contributed by atoms with Gasteiger partial charge >= 0.3 is 0 Å². The summed E-state index contributed by atoms with van der Waals surface area (Å²) in [6.45, 7) is 9.57. The number of hydrogen-bond acceptors (Lipinski definition) is 2. The minimum absolute atomic E-state index is 0.420. The van der Waals surface area contributed by atoms with E-state index < -0.39 is 0 Å². The molecule has 0 radical (unpaired) electrons. The van der Waals surface area contributed by atoms with E-state index in [1.807, 2.05) is 0 Å². The van der Waals surface area contributed by atoms with Crippen molar-refractivity contribution in [3.05, 3.63) is 35.4 Å². The van der Waals surface area contributed by atoms with Crippen molar-refractivity contribution in [2.24, 2.45) is 5.41 Å². The van der Waals surface area contributed by atoms with Crippen molar-refractivity contribution < 1.29 is 0 Å². The monoisotopic (exact) mass is 286 g/mol. The van der Waals surface area contributed by atoms with Gasteiger partial charge in [-0.3, -0.25) is 4.90 Å². The van der Waals surface area contributed by atoms with Gasteiger partial charge in [0.25, 0.3) is 0 Å². The summed E-state index contributed by atoms with van der Waals surface area (Å²) in [5.41, 5.74) is 3.52. The van der Waals surface area contributed by atoms with Gasteiger partial charge in [0.05, 0.1) is 0 Å². The average Bonchev–Trinajstić information content (AvgIpc) is 3.30. The van der Waals surface area contributed by atoms with Crippen LogP contribution < -0.4 is 5.32 Å². The first kappa shape index (κ1) is 15.1. The molecule has 1 aromatic rings. The van der Waals surface area contributed by atoms with Gasteiger partial charge in [-0.25, -0.2) is 0 Å². The highest BCUT2D eigenvalue weighted by Crippen LogP contribution is 2.29. The molecule has 1 fully saturated rings. The summed E-state index contributed by atoms with van der Waals surface area (Å²) in [6.07, 6.45) is 6.60. The fourth-order valence-corrected chi connectivity index (χ4v) is 3.73. The fraction of sp³-hybridized carbons (Fsp3) is 0.684. The maximum absolute atomic E-state index is 3.76. The Morgan fingerprint density at radius 1 is 1.24 bits per heavy atom. The second kappa shape index (κ2) is 6.50. The van der Waals surface area contributed by atoms with Crippen molar-refractivity contribution in [1.29, 1.82) is 0 Å². The van der Waals surface area contributed by atoms with Crippen molar-refractivity contribution in [2.45, 2.75) is 58.5 Å². The van der Waals surface area contributed by atoms with Crippen molar-refractivity contribution in [3.63, 3.8) is 0 Å². The summed E-state index contributed by atoms with van der Waals surface area (Å²) in [6, 6.07) is 9.79. The number of hydrogen-bond donors (Lipinski definition) is 1. The summed E-state index contributed by atoms with van der Waals surface area (Å²) in [7, 11) is 0. The fourth-order valence-electron chi connectivity index (χ4n) is 3.73. The molecule has 2 nitrogen and oxygen atoms in total. The zero-order valence-corrected chi connectivity index (χ0v) is 13.7. The van der Waals surface area contributed by atoms with Crippen LogP contribution in [0.3, 0.4) is 0 Å². The van der Waals surface area contributed by atoms with Gasteiger partial charge < -0.3 is 5.32 Å². The molecule has 1 atom stereocenters. The van der Waals surface area contributed by atoms with Crippen LogP contribution in [0.1, 0.15) is 50.7 Å². The van der Waals surface area contributed by atoms with Gasteiger partial charge in [-0.1, -0.05) is 44.5 Å². The Kier molecular flexibility index (Phi) is 4.66. The number of rotatable bonds is 7. The SMILES string of the molecule is CCCC(C)(CNC1CC1)CN1CCc2ccccc2C1. The molecule has 0 amide bonds. The molecule has 1 unspecified atom stereocenters. The Labute approximate surface area is 129 Å². The van der Waals surface area contributed by atoms with E-state index in [4.69, 9.17) is 0 Å². The molecule has 3 rings (SSSR count). The van der Waals surface area contributed by atoms with E-state index in [9.17, 15) is 0 Å². The van der Waals surface area contributed by atoms with Gasteiger partial charge in [-0.15, -0.1) is 0 Å². The number of benzene rings is 1. The van der Waals surface area contributed by atoms with Crippen LogP contribution in [-0.2, 0) is 13.0 Å². The van der Waals surface area contributed by atoms with Gasteiger partial charge in [0.2, 0.25) is 0 Å². The van der Waals surface area contributed by atoms with E-state index >= 15 is 0 Å². The minimum atomic E-state index is 0.420. The molecular formula is C19H30N2. The van der Waals surface area contributed by atoms with Crippen LogP contribution in [0.2, 0.25) is 0 Å². The molecule has 1 N–H and O–H groups in total. The normalized spacial score (nSPS) is 21.8. The van der Waals surface area contributed by atoms with Gasteiger partial charge in [-0.2, -0.15) is 0 Å². The molecule has 1 aliphatic carbocycles. The van der Waals surface area contributed by atoms with E-state index in [1.165, 1.54) is 57.3 Å². The summed E-state index contributed by atoms with van der Waals surface area (Å²) in [5.74, 6) is 0. The Hall–Kier alpha value is -0.860. The predicted octanol–water partition coefficient (Wildman–Crippen LogP) is 3.60. The van der Waals surface area contributed by atoms with Crippen molar-refractivity contribution in [2.75, 3.05) is 19.6 Å². The molecule has 2 heteroatoms. The smallest absolute Gasteiger partial charge is 0.0236 e. The average molecular weight is 286 g/mol. The first-order chi connectivity index (χ1) is 10.2. The van der Waals surface area contributed by atoms with Crippen LogP contribution in [-0.4, -0.2) is 30.6 Å². The first-order valence-corrected chi connectivity index (χ1v) is 8.71. The topological polar surface area (TPSA) is 15.3 Å². The van der Waals surface area contributed by atoms with E-state index in [0.717, 1.165) is 12.6 Å². The van der Waals surface area contributed by atoms with Gasteiger partial charge in [0.15, 0.2) is 0 Å². The standard InChI is InChI=1S/C19H30N2/c1-3-11-19(2,14-20-18-8-9-18)15-21-12-10-16-6-4-5-7-17(16)13-21/h4-7,18,20H,3,8-15H2,1-2H3. The van der Waals surface area contributed by atoms with Crippen molar-refractivity contribution >= 4 is 0 Å². The summed E-state index contributed by atoms with van der Waals surface area (Å²) in [4.78, 5) is 2.67. The molecule has 21 heavy (non-hydrogen) atoms. The molecule has 1 aliphatic heterocycles. The maximum atomic E-state index is 3.76. The first-order valence-electron chi connectivity index (χ1n) is 8.71. The third kappa shape index (κ3) is 4.08. The molecule has 0 saturated heterocycles. The summed E-state index contributed by atoms with van der Waals surface area (Å²) in [5, 5.41) is 3.76. The van der Waals surface area contributed by atoms with E-state index in [0.29, 0.717) is 5.41 Å². The Bertz CT molecular complexity index is 466. The van der Waals surface area contributed by atoms with E-state index in [1.54, 1.807) is 5.56 Å². The molecule has 0 aromatic heterocycles. The zero-order chi connectivity index (χ0) is 14.7. The number of fused-ring (bicyclic) bond motifs is 1. The Balaban J connectivity index is 1.60. The van der Waals surface area contributed by atoms with Gasteiger partial charge in [0.1, 0.15) is 0 Å². The largest absolute Gasteiger partial charge is 0.313 e. The highest BCUT2D eigenvalue weighted by atomic mass is 15.1. The van der Waals surface area contributed by atoms with Gasteiger partial charge in [0, 0.05) is 32.2 Å². The van der Waals surface area contributed by atoms with E-state index in [-0.39, 0.29) is 0 Å². The van der Waals surface area contributed by atoms with Crippen LogP contribution >= 0.6 is 0 Å². The molecule has 1 heterocycles. The highest BCUT2D eigenvalue weighted by Gasteiger charge is 2.30. The lowest BCUT2D eigenvalue weighted by molar-refractivity contribution is 0.138. The van der Waals surface area contributed by atoms with Crippen molar-refractivity contribution in [3.8, 4) is 0 Å². The molecule has 116 valence electrons. The zero-order valence-electron chi connectivity index (χ0n) is 13.7. The second-order valence-electron chi connectivity index (χ2n) is 7.45. The van der Waals surface area contributed by atoms with Crippen LogP contribution in [0.4, 0.5) is 0 Å². The lowest BCUT2D eigenvalue weighted by Gasteiger charge is -2.38. The lowest BCUT2D eigenvalue weighted by Crippen LogP contribution is -2.44. The molecule has 1 saturated carbocycles. The minimum Gasteiger partial charge on any atom is -0.313 e. The molecule has 0 bridgehead atoms. The molecule has 0 spiro atoms. The molecule has 1 aromatic carbocycles. The van der Waals surface area contributed by atoms with Gasteiger partial charge in [-0.05, 0) is 42.2 Å². The number of nitrogens with one attached hydrogen (secondary N) is 1. The molecular weight excluding hydrogens is 256 g/mol. The van der Waals surface area contributed by atoms with Crippen LogP contribution in [0, 0.1) is 5.41 Å². The highest BCUT2D eigenvalue weighted by molar-refractivity contribution is 5.29. The Morgan fingerprint density at radius 2 is 2.00 bits per heavy atom. The summed E-state index contributed by atoms with van der Waals surface area (Å²) < 4.78 is 0. The van der Waals surface area contributed by atoms with Crippen molar-refractivity contribution in [1.82, 2.24) is 10.2 Å². The quantitative estimate of drug-likeness (QED) is 0.824. The lowest BCUT2D eigenvalue weighted by atomic mass is 9.84. The van der Waals surface area contributed by atoms with E-state index in [2.05, 4.69) is 48.3 Å². The second-order valence-corrected chi connectivity index (χ2v) is 7.45. The Morgan fingerprint density at radius 3 is 2.71 bits per heavy atom. The van der Waals surface area contributed by atoms with Crippen LogP contribution in [0.15, 0.2) is 24.3 Å².